The number of rotatable bonds is 8. The molecule has 0 unspecified atom stereocenters. The van der Waals surface area contributed by atoms with Gasteiger partial charge in [0, 0.05) is 25.2 Å². The third-order valence-electron chi connectivity index (χ3n) is 4.16. The molecule has 1 fully saturated rings. The highest BCUT2D eigenvalue weighted by molar-refractivity contribution is 5.91. The third kappa shape index (κ3) is 6.97. The number of nitrogens with one attached hydrogen (secondary N) is 1. The summed E-state index contributed by atoms with van der Waals surface area (Å²) in [7, 11) is 0. The average molecular weight is 345 g/mol. The van der Waals surface area contributed by atoms with Crippen LogP contribution in [0.1, 0.15) is 31.7 Å². The molecular weight excluding hydrogens is 318 g/mol. The molecule has 136 valence electrons. The lowest BCUT2D eigenvalue weighted by atomic mass is 10.0. The molecule has 1 aliphatic rings. The smallest absolute Gasteiger partial charge is 0.255 e. The second-order valence-electron chi connectivity index (χ2n) is 6.28. The zero-order valence-electron chi connectivity index (χ0n) is 14.7. The molecular formula is C19H27N3O3. The van der Waals surface area contributed by atoms with Crippen LogP contribution in [0, 0.1) is 0 Å². The number of nitrogens with two attached hydrogens (primary N) is 1. The average Bonchev–Trinajstić information content (AvgIpc) is 2.61. The molecule has 1 heterocycles. The van der Waals surface area contributed by atoms with Crippen molar-refractivity contribution in [3.8, 4) is 5.75 Å². The lowest BCUT2D eigenvalue weighted by molar-refractivity contribution is -0.120. The molecule has 2 rings (SSSR count). The summed E-state index contributed by atoms with van der Waals surface area (Å²) < 4.78 is 5.19. The summed E-state index contributed by atoms with van der Waals surface area (Å²) in [5, 5.41) is 3.07. The van der Waals surface area contributed by atoms with Crippen molar-refractivity contribution >= 4 is 17.9 Å². The van der Waals surface area contributed by atoms with Gasteiger partial charge < -0.3 is 20.7 Å². The van der Waals surface area contributed by atoms with Gasteiger partial charge in [-0.1, -0.05) is 19.1 Å². The fourth-order valence-corrected chi connectivity index (χ4v) is 2.87. The molecule has 6 nitrogen and oxygen atoms in total. The van der Waals surface area contributed by atoms with Crippen molar-refractivity contribution in [2.24, 2.45) is 5.73 Å². The number of piperidine rings is 1. The molecule has 25 heavy (non-hydrogen) atoms. The summed E-state index contributed by atoms with van der Waals surface area (Å²) >= 11 is 0. The van der Waals surface area contributed by atoms with Crippen LogP contribution in [-0.2, 0) is 9.59 Å². The van der Waals surface area contributed by atoms with E-state index in [9.17, 15) is 9.59 Å². The Balaban J connectivity index is 1.75. The van der Waals surface area contributed by atoms with Crippen LogP contribution in [0.3, 0.4) is 0 Å². The first-order chi connectivity index (χ1) is 12.1. The maximum atomic E-state index is 12.0. The van der Waals surface area contributed by atoms with E-state index in [0.29, 0.717) is 5.75 Å². The summed E-state index contributed by atoms with van der Waals surface area (Å²) in [6, 6.07) is 7.38. The van der Waals surface area contributed by atoms with Gasteiger partial charge >= 0.3 is 0 Å². The highest BCUT2D eigenvalue weighted by Crippen LogP contribution is 2.13. The number of ether oxygens (including phenoxy) is 1. The summed E-state index contributed by atoms with van der Waals surface area (Å²) in [6.45, 7) is 5.29. The van der Waals surface area contributed by atoms with Crippen molar-refractivity contribution in [1.29, 1.82) is 0 Å². The monoisotopic (exact) mass is 345 g/mol. The van der Waals surface area contributed by atoms with Gasteiger partial charge in [0.15, 0.2) is 6.61 Å². The predicted molar refractivity (Wildman–Crippen MR) is 98.1 cm³/mol. The number of benzene rings is 1. The Labute approximate surface area is 149 Å². The van der Waals surface area contributed by atoms with Crippen LogP contribution in [0.25, 0.3) is 6.08 Å². The maximum Gasteiger partial charge on any atom is 0.255 e. The van der Waals surface area contributed by atoms with Gasteiger partial charge in [0.2, 0.25) is 5.91 Å². The quantitative estimate of drug-likeness (QED) is 0.700. The van der Waals surface area contributed by atoms with E-state index in [2.05, 4.69) is 17.1 Å². The highest BCUT2D eigenvalue weighted by Gasteiger charge is 2.19. The SMILES string of the molecule is CCCN1CCC(NC(=O)/C=C/c2ccc(OCC(N)=O)cc2)CC1. The van der Waals surface area contributed by atoms with Crippen LogP contribution < -0.4 is 15.8 Å². The fourth-order valence-electron chi connectivity index (χ4n) is 2.87. The highest BCUT2D eigenvalue weighted by atomic mass is 16.5. The zero-order chi connectivity index (χ0) is 18.1. The first kappa shape index (κ1) is 19.0. The van der Waals surface area contributed by atoms with Crippen molar-refractivity contribution < 1.29 is 14.3 Å². The Kier molecular flexibility index (Phi) is 7.47. The van der Waals surface area contributed by atoms with E-state index in [-0.39, 0.29) is 18.6 Å². The van der Waals surface area contributed by atoms with Crippen molar-refractivity contribution in [2.45, 2.75) is 32.2 Å². The van der Waals surface area contributed by atoms with Gasteiger partial charge in [-0.05, 0) is 49.6 Å². The van der Waals surface area contributed by atoms with Crippen molar-refractivity contribution in [3.05, 3.63) is 35.9 Å². The Bertz CT molecular complexity index is 590. The molecule has 0 atom stereocenters. The van der Waals surface area contributed by atoms with Gasteiger partial charge in [-0.2, -0.15) is 0 Å². The topological polar surface area (TPSA) is 84.7 Å². The van der Waals surface area contributed by atoms with Crippen molar-refractivity contribution in [1.82, 2.24) is 10.2 Å². The van der Waals surface area contributed by atoms with Crippen LogP contribution in [-0.4, -0.2) is 49.0 Å². The number of carbonyl (C=O) groups excluding carboxylic acids is 2. The molecule has 0 radical (unpaired) electrons. The van der Waals surface area contributed by atoms with Crippen LogP contribution in [0.15, 0.2) is 30.3 Å². The first-order valence-corrected chi connectivity index (χ1v) is 8.79. The zero-order valence-corrected chi connectivity index (χ0v) is 14.7. The van der Waals surface area contributed by atoms with Gasteiger partial charge in [-0.25, -0.2) is 0 Å². The van der Waals surface area contributed by atoms with Gasteiger partial charge in [0.1, 0.15) is 5.75 Å². The minimum atomic E-state index is -0.513. The molecule has 0 bridgehead atoms. The molecule has 2 amide bonds. The van der Waals surface area contributed by atoms with Crippen molar-refractivity contribution in [2.75, 3.05) is 26.2 Å². The Morgan fingerprint density at radius 2 is 1.96 bits per heavy atom. The Hall–Kier alpha value is -2.34. The fraction of sp³-hybridized carbons (Fsp3) is 0.474. The first-order valence-electron chi connectivity index (χ1n) is 8.79. The number of hydrogen-bond acceptors (Lipinski definition) is 4. The molecule has 3 N–H and O–H groups in total. The summed E-state index contributed by atoms with van der Waals surface area (Å²) in [5.74, 6) is -0.0107. The predicted octanol–water partition coefficient (Wildman–Crippen LogP) is 1.55. The van der Waals surface area contributed by atoms with Crippen LogP contribution >= 0.6 is 0 Å². The lowest BCUT2D eigenvalue weighted by Crippen LogP contribution is -2.44. The Morgan fingerprint density at radius 1 is 1.28 bits per heavy atom. The van der Waals surface area contributed by atoms with Crippen LogP contribution in [0.5, 0.6) is 5.75 Å². The van der Waals surface area contributed by atoms with Gasteiger partial charge in [0.05, 0.1) is 0 Å². The second-order valence-corrected chi connectivity index (χ2v) is 6.28. The van der Waals surface area contributed by atoms with E-state index in [0.717, 1.165) is 38.0 Å². The van der Waals surface area contributed by atoms with Crippen LogP contribution in [0.4, 0.5) is 0 Å². The molecule has 1 aliphatic heterocycles. The normalized spacial score (nSPS) is 16.0. The standard InChI is InChI=1S/C19H27N3O3/c1-2-11-22-12-9-16(10-13-22)21-19(24)8-5-15-3-6-17(7-4-15)25-14-18(20)23/h3-8,16H,2,9-14H2,1H3,(H2,20,23)(H,21,24)/b8-5+. The van der Waals surface area contributed by atoms with Gasteiger partial charge in [-0.15, -0.1) is 0 Å². The molecule has 1 saturated heterocycles. The number of primary amides is 1. The van der Waals surface area contributed by atoms with Gasteiger partial charge in [-0.3, -0.25) is 9.59 Å². The third-order valence-corrected chi connectivity index (χ3v) is 4.16. The largest absolute Gasteiger partial charge is 0.484 e. The Morgan fingerprint density at radius 3 is 2.56 bits per heavy atom. The number of hydrogen-bond donors (Lipinski definition) is 2. The molecule has 0 aromatic heterocycles. The van der Waals surface area contributed by atoms with E-state index >= 15 is 0 Å². The van der Waals surface area contributed by atoms with E-state index in [1.807, 2.05) is 12.1 Å². The maximum absolute atomic E-state index is 12.0. The summed E-state index contributed by atoms with van der Waals surface area (Å²) in [5.41, 5.74) is 5.92. The summed E-state index contributed by atoms with van der Waals surface area (Å²) in [4.78, 5) is 25.2. The number of nitrogens with zero attached hydrogens (tertiary/aromatic N) is 1. The number of likely N-dealkylation sites (tertiary alicyclic amines) is 1. The van der Waals surface area contributed by atoms with E-state index in [4.69, 9.17) is 10.5 Å². The number of amides is 2. The van der Waals surface area contributed by atoms with Crippen molar-refractivity contribution in [3.63, 3.8) is 0 Å². The second kappa shape index (κ2) is 9.84. The number of carbonyl (C=O) groups is 2. The molecule has 1 aromatic carbocycles. The lowest BCUT2D eigenvalue weighted by Gasteiger charge is -2.31. The molecule has 0 aliphatic carbocycles. The minimum absolute atomic E-state index is 0.0667. The minimum Gasteiger partial charge on any atom is -0.484 e. The van der Waals surface area contributed by atoms with Gasteiger partial charge in [0.25, 0.3) is 5.91 Å². The molecule has 0 saturated carbocycles. The van der Waals surface area contributed by atoms with E-state index < -0.39 is 5.91 Å². The van der Waals surface area contributed by atoms with Crippen LogP contribution in [0.2, 0.25) is 0 Å². The van der Waals surface area contributed by atoms with E-state index in [1.54, 1.807) is 24.3 Å². The molecule has 1 aromatic rings. The molecule has 0 spiro atoms. The van der Waals surface area contributed by atoms with E-state index in [1.165, 1.54) is 6.42 Å². The molecule has 6 heteroatoms. The summed E-state index contributed by atoms with van der Waals surface area (Å²) in [6.07, 6.45) is 6.50.